The largest absolute Gasteiger partial charge is 0.495 e. The molecule has 2 aliphatic heterocycles. The molecule has 0 aromatic heterocycles. The lowest BCUT2D eigenvalue weighted by Gasteiger charge is -2.36. The number of imide groups is 1. The SMILES string of the molecule is COc1ccc(C)cc1N1C(=O)C(c2ccc(C)cc2)=C(N(C)C2CCN(C)CC2)C1=O. The van der Waals surface area contributed by atoms with Gasteiger partial charge in [0.1, 0.15) is 11.4 Å². The highest BCUT2D eigenvalue weighted by atomic mass is 16.5. The highest BCUT2D eigenvalue weighted by molar-refractivity contribution is 6.45. The molecule has 1 fully saturated rings. The number of rotatable bonds is 5. The highest BCUT2D eigenvalue weighted by Gasteiger charge is 2.44. The predicted octanol–water partition coefficient (Wildman–Crippen LogP) is 3.62. The first-order valence-corrected chi connectivity index (χ1v) is 11.1. The maximum absolute atomic E-state index is 13.8. The lowest BCUT2D eigenvalue weighted by molar-refractivity contribution is -0.120. The van der Waals surface area contributed by atoms with Gasteiger partial charge in [-0.2, -0.15) is 0 Å². The summed E-state index contributed by atoms with van der Waals surface area (Å²) < 4.78 is 5.51. The van der Waals surface area contributed by atoms with Crippen molar-refractivity contribution in [2.75, 3.05) is 39.2 Å². The summed E-state index contributed by atoms with van der Waals surface area (Å²) in [5.41, 5.74) is 4.23. The minimum absolute atomic E-state index is 0.206. The smallest absolute Gasteiger partial charge is 0.282 e. The van der Waals surface area contributed by atoms with Gasteiger partial charge in [-0.05, 0) is 70.1 Å². The van der Waals surface area contributed by atoms with Crippen LogP contribution in [0.25, 0.3) is 5.57 Å². The molecule has 1 saturated heterocycles. The molecule has 0 saturated carbocycles. The fourth-order valence-electron chi connectivity index (χ4n) is 4.58. The number of carbonyl (C=O) groups excluding carboxylic acids is 2. The Morgan fingerprint density at radius 2 is 1.56 bits per heavy atom. The van der Waals surface area contributed by atoms with Gasteiger partial charge in [0.25, 0.3) is 11.8 Å². The van der Waals surface area contributed by atoms with E-state index in [0.29, 0.717) is 22.7 Å². The summed E-state index contributed by atoms with van der Waals surface area (Å²) in [4.78, 5) is 33.2. The van der Waals surface area contributed by atoms with Gasteiger partial charge in [-0.1, -0.05) is 35.9 Å². The topological polar surface area (TPSA) is 53.1 Å². The van der Waals surface area contributed by atoms with Crippen LogP contribution in [0.5, 0.6) is 5.75 Å². The number of nitrogens with zero attached hydrogens (tertiary/aromatic N) is 3. The first-order valence-electron chi connectivity index (χ1n) is 11.1. The standard InChI is InChI=1S/C26H31N3O3/c1-17-6-9-19(10-7-17)23-24(28(4)20-12-14-27(3)15-13-20)26(31)29(25(23)30)21-16-18(2)8-11-22(21)32-5/h6-11,16,20H,12-15H2,1-5H3. The van der Waals surface area contributed by atoms with E-state index < -0.39 is 0 Å². The molecule has 0 aliphatic carbocycles. The number of carbonyl (C=O) groups is 2. The van der Waals surface area contributed by atoms with E-state index in [-0.39, 0.29) is 17.9 Å². The molecule has 6 nitrogen and oxygen atoms in total. The molecule has 168 valence electrons. The maximum atomic E-state index is 13.8. The van der Waals surface area contributed by atoms with Crippen molar-refractivity contribution < 1.29 is 14.3 Å². The minimum atomic E-state index is -0.308. The molecule has 2 aromatic carbocycles. The Labute approximate surface area is 190 Å². The van der Waals surface area contributed by atoms with Crippen molar-refractivity contribution in [3.8, 4) is 5.75 Å². The Balaban J connectivity index is 1.82. The predicted molar refractivity (Wildman–Crippen MR) is 127 cm³/mol. The van der Waals surface area contributed by atoms with Crippen LogP contribution >= 0.6 is 0 Å². The monoisotopic (exact) mass is 433 g/mol. The Morgan fingerprint density at radius 1 is 0.938 bits per heavy atom. The van der Waals surface area contributed by atoms with Crippen molar-refractivity contribution in [2.24, 2.45) is 0 Å². The molecule has 2 aliphatic rings. The third-order valence-electron chi connectivity index (χ3n) is 6.56. The molecule has 0 atom stereocenters. The second-order valence-corrected chi connectivity index (χ2v) is 8.86. The number of methoxy groups -OCH3 is 1. The second-order valence-electron chi connectivity index (χ2n) is 8.86. The van der Waals surface area contributed by atoms with Crippen molar-refractivity contribution in [3.05, 3.63) is 64.9 Å². The van der Waals surface area contributed by atoms with Crippen molar-refractivity contribution in [1.29, 1.82) is 0 Å². The number of hydrogen-bond acceptors (Lipinski definition) is 5. The van der Waals surface area contributed by atoms with Gasteiger partial charge in [0.2, 0.25) is 0 Å². The van der Waals surface area contributed by atoms with Crippen molar-refractivity contribution >= 4 is 23.1 Å². The van der Waals surface area contributed by atoms with E-state index in [1.807, 2.05) is 62.2 Å². The third-order valence-corrected chi connectivity index (χ3v) is 6.56. The Bertz CT molecular complexity index is 1070. The van der Waals surface area contributed by atoms with Crippen LogP contribution in [0.1, 0.15) is 29.5 Å². The summed E-state index contributed by atoms with van der Waals surface area (Å²) in [6, 6.07) is 13.6. The fraction of sp³-hybridized carbons (Fsp3) is 0.385. The average molecular weight is 434 g/mol. The first-order chi connectivity index (χ1) is 15.3. The zero-order chi connectivity index (χ0) is 23.0. The van der Waals surface area contributed by atoms with E-state index in [0.717, 1.165) is 42.6 Å². The zero-order valence-corrected chi connectivity index (χ0v) is 19.5. The van der Waals surface area contributed by atoms with Crippen molar-refractivity contribution in [1.82, 2.24) is 9.80 Å². The number of likely N-dealkylation sites (N-methyl/N-ethyl adjacent to an activating group) is 1. The van der Waals surface area contributed by atoms with Crippen LogP contribution in [-0.4, -0.2) is 62.0 Å². The molecule has 0 radical (unpaired) electrons. The molecular weight excluding hydrogens is 402 g/mol. The molecule has 6 heteroatoms. The summed E-state index contributed by atoms with van der Waals surface area (Å²) in [5, 5.41) is 0. The lowest BCUT2D eigenvalue weighted by atomic mass is 9.99. The average Bonchev–Trinajstić information content (AvgIpc) is 3.04. The van der Waals surface area contributed by atoms with Crippen LogP contribution < -0.4 is 9.64 Å². The van der Waals surface area contributed by atoms with Crippen LogP contribution in [0.3, 0.4) is 0 Å². The summed E-state index contributed by atoms with van der Waals surface area (Å²) in [5.74, 6) is -0.0998. The number of ether oxygens (including phenoxy) is 1. The molecule has 2 aromatic rings. The summed E-state index contributed by atoms with van der Waals surface area (Å²) in [7, 11) is 5.62. The zero-order valence-electron chi connectivity index (χ0n) is 19.5. The molecule has 0 N–H and O–H groups in total. The number of amides is 2. The van der Waals surface area contributed by atoms with Crippen LogP contribution in [0.15, 0.2) is 48.2 Å². The van der Waals surface area contributed by atoms with Crippen LogP contribution in [0, 0.1) is 13.8 Å². The molecule has 0 unspecified atom stereocenters. The van der Waals surface area contributed by atoms with E-state index in [1.54, 1.807) is 13.2 Å². The van der Waals surface area contributed by atoms with Gasteiger partial charge in [-0.3, -0.25) is 9.59 Å². The van der Waals surface area contributed by atoms with E-state index in [1.165, 1.54) is 4.90 Å². The minimum Gasteiger partial charge on any atom is -0.495 e. The summed E-state index contributed by atoms with van der Waals surface area (Å²) >= 11 is 0. The number of benzene rings is 2. The van der Waals surface area contributed by atoms with Gasteiger partial charge in [-0.25, -0.2) is 4.90 Å². The van der Waals surface area contributed by atoms with Crippen LogP contribution in [-0.2, 0) is 9.59 Å². The molecule has 2 heterocycles. The second kappa shape index (κ2) is 8.79. The lowest BCUT2D eigenvalue weighted by Crippen LogP contribution is -2.43. The third kappa shape index (κ3) is 3.91. The van der Waals surface area contributed by atoms with Gasteiger partial charge in [0.05, 0.1) is 18.4 Å². The van der Waals surface area contributed by atoms with Crippen molar-refractivity contribution in [2.45, 2.75) is 32.7 Å². The van der Waals surface area contributed by atoms with Gasteiger partial charge < -0.3 is 14.5 Å². The number of piperidine rings is 1. The number of anilines is 1. The van der Waals surface area contributed by atoms with E-state index in [2.05, 4.69) is 11.9 Å². The van der Waals surface area contributed by atoms with Crippen molar-refractivity contribution in [3.63, 3.8) is 0 Å². The quantitative estimate of drug-likeness (QED) is 0.674. The van der Waals surface area contributed by atoms with E-state index in [4.69, 9.17) is 4.74 Å². The molecular formula is C26H31N3O3. The number of likely N-dealkylation sites (tertiary alicyclic amines) is 1. The van der Waals surface area contributed by atoms with E-state index >= 15 is 0 Å². The molecule has 2 amide bonds. The van der Waals surface area contributed by atoms with E-state index in [9.17, 15) is 9.59 Å². The molecule has 0 spiro atoms. The Morgan fingerprint density at radius 3 is 2.19 bits per heavy atom. The summed E-state index contributed by atoms with van der Waals surface area (Å²) in [6.45, 7) is 5.89. The van der Waals surface area contributed by atoms with Gasteiger partial charge in [-0.15, -0.1) is 0 Å². The first kappa shape index (κ1) is 22.1. The van der Waals surface area contributed by atoms with Gasteiger partial charge in [0.15, 0.2) is 0 Å². The molecule has 32 heavy (non-hydrogen) atoms. The molecule has 4 rings (SSSR count). The Hall–Kier alpha value is -3.12. The Kier molecular flexibility index (Phi) is 6.07. The maximum Gasteiger partial charge on any atom is 0.282 e. The summed E-state index contributed by atoms with van der Waals surface area (Å²) in [6.07, 6.45) is 1.90. The molecule has 0 bridgehead atoms. The fourth-order valence-corrected chi connectivity index (χ4v) is 4.58. The number of hydrogen-bond donors (Lipinski definition) is 0. The van der Waals surface area contributed by atoms with Gasteiger partial charge >= 0.3 is 0 Å². The highest BCUT2D eigenvalue weighted by Crippen LogP contribution is 2.39. The van der Waals surface area contributed by atoms with Gasteiger partial charge in [0, 0.05) is 13.1 Å². The van der Waals surface area contributed by atoms with Crippen LogP contribution in [0.4, 0.5) is 5.69 Å². The normalized spacial score (nSPS) is 18.0. The van der Waals surface area contributed by atoms with Crippen LogP contribution in [0.2, 0.25) is 0 Å². The number of aryl methyl sites for hydroxylation is 2.